The van der Waals surface area contributed by atoms with Crippen LogP contribution in [0.3, 0.4) is 0 Å². The molecule has 0 aliphatic carbocycles. The molecular formula is C16H16N4O2S. The summed E-state index contributed by atoms with van der Waals surface area (Å²) in [5.41, 5.74) is 0.707. The van der Waals surface area contributed by atoms with Crippen LogP contribution in [0.15, 0.2) is 58.0 Å². The van der Waals surface area contributed by atoms with Crippen LogP contribution >= 0.6 is 0 Å². The van der Waals surface area contributed by atoms with Crippen LogP contribution in [0.25, 0.3) is 0 Å². The van der Waals surface area contributed by atoms with Gasteiger partial charge in [-0.2, -0.15) is 8.42 Å². The van der Waals surface area contributed by atoms with Crippen LogP contribution in [0.5, 0.6) is 0 Å². The van der Waals surface area contributed by atoms with E-state index in [9.17, 15) is 8.42 Å². The summed E-state index contributed by atoms with van der Waals surface area (Å²) in [6, 6.07) is 12.9. The lowest BCUT2D eigenvalue weighted by Crippen LogP contribution is -2.49. The monoisotopic (exact) mass is 328 g/mol. The predicted molar refractivity (Wildman–Crippen MR) is 88.2 cm³/mol. The average Bonchev–Trinajstić information content (AvgIpc) is 2.88. The van der Waals surface area contributed by atoms with Gasteiger partial charge in [-0.15, -0.1) is 4.40 Å². The highest BCUT2D eigenvalue weighted by molar-refractivity contribution is 7.90. The van der Waals surface area contributed by atoms with E-state index < -0.39 is 10.0 Å². The number of aromatic nitrogens is 1. The minimum Gasteiger partial charge on any atom is -0.353 e. The molecule has 0 saturated carbocycles. The van der Waals surface area contributed by atoms with Gasteiger partial charge in [0.25, 0.3) is 10.0 Å². The topological polar surface area (TPSA) is 65.9 Å². The summed E-state index contributed by atoms with van der Waals surface area (Å²) in [4.78, 5) is 8.92. The summed E-state index contributed by atoms with van der Waals surface area (Å²) in [5.74, 6) is 1.52. The molecule has 6 nitrogen and oxygen atoms in total. The summed E-state index contributed by atoms with van der Waals surface area (Å²) < 4.78 is 28.3. The van der Waals surface area contributed by atoms with Gasteiger partial charge in [-0.1, -0.05) is 18.2 Å². The first-order chi connectivity index (χ1) is 11.1. The molecule has 4 rings (SSSR count). The van der Waals surface area contributed by atoms with Gasteiger partial charge in [0.05, 0.1) is 0 Å². The summed E-state index contributed by atoms with van der Waals surface area (Å²) in [6.45, 7) is 3.02. The fourth-order valence-electron chi connectivity index (χ4n) is 3.00. The quantitative estimate of drug-likeness (QED) is 0.791. The maximum atomic E-state index is 12.2. The highest BCUT2D eigenvalue weighted by Crippen LogP contribution is 2.28. The van der Waals surface area contributed by atoms with Gasteiger partial charge in [-0.05, 0) is 24.3 Å². The molecule has 0 unspecified atom stereocenters. The molecule has 23 heavy (non-hydrogen) atoms. The number of anilines is 1. The van der Waals surface area contributed by atoms with Crippen molar-refractivity contribution >= 4 is 21.7 Å². The molecule has 3 heterocycles. The number of sulfonamides is 1. The van der Waals surface area contributed by atoms with E-state index in [2.05, 4.69) is 14.3 Å². The van der Waals surface area contributed by atoms with Gasteiger partial charge < -0.3 is 9.80 Å². The highest BCUT2D eigenvalue weighted by atomic mass is 32.2. The van der Waals surface area contributed by atoms with Crippen LogP contribution in [0.2, 0.25) is 0 Å². The molecule has 1 fully saturated rings. The number of pyridine rings is 1. The lowest BCUT2D eigenvalue weighted by Gasteiger charge is -2.36. The Hall–Kier alpha value is -2.41. The Labute approximate surface area is 135 Å². The molecule has 2 aromatic rings. The molecule has 1 aromatic heterocycles. The van der Waals surface area contributed by atoms with E-state index in [1.165, 1.54) is 0 Å². The molecule has 0 spiro atoms. The Morgan fingerprint density at radius 3 is 2.30 bits per heavy atom. The zero-order chi connectivity index (χ0) is 15.9. The number of rotatable bonds is 1. The number of piperazine rings is 1. The molecule has 0 bridgehead atoms. The van der Waals surface area contributed by atoms with Crippen molar-refractivity contribution in [3.05, 3.63) is 54.2 Å². The Balaban J connectivity index is 1.56. The summed E-state index contributed by atoms with van der Waals surface area (Å²) in [7, 11) is -3.55. The summed E-state index contributed by atoms with van der Waals surface area (Å²) in [5, 5.41) is 0. The molecule has 0 N–H and O–H groups in total. The number of amidine groups is 1. The third kappa shape index (κ3) is 2.46. The maximum Gasteiger partial charge on any atom is 0.285 e. The van der Waals surface area contributed by atoms with Crippen molar-refractivity contribution in [3.8, 4) is 0 Å². The van der Waals surface area contributed by atoms with Crippen LogP contribution in [0.4, 0.5) is 5.82 Å². The van der Waals surface area contributed by atoms with Crippen LogP contribution in [-0.4, -0.2) is 50.3 Å². The fraction of sp³-hybridized carbons (Fsp3) is 0.250. The van der Waals surface area contributed by atoms with Gasteiger partial charge in [0.15, 0.2) is 5.84 Å². The predicted octanol–water partition coefficient (Wildman–Crippen LogP) is 1.35. The smallest absolute Gasteiger partial charge is 0.285 e. The van der Waals surface area contributed by atoms with E-state index in [-0.39, 0.29) is 0 Å². The Kier molecular flexibility index (Phi) is 3.30. The second-order valence-electron chi connectivity index (χ2n) is 5.55. The van der Waals surface area contributed by atoms with Crippen molar-refractivity contribution in [3.63, 3.8) is 0 Å². The second-order valence-corrected chi connectivity index (χ2v) is 7.12. The third-order valence-electron chi connectivity index (χ3n) is 4.16. The molecule has 7 heteroatoms. The van der Waals surface area contributed by atoms with Crippen LogP contribution in [0, 0.1) is 0 Å². The van der Waals surface area contributed by atoms with Crippen LogP contribution in [-0.2, 0) is 10.0 Å². The van der Waals surface area contributed by atoms with Crippen molar-refractivity contribution in [1.29, 1.82) is 0 Å². The molecule has 0 amide bonds. The van der Waals surface area contributed by atoms with Crippen molar-refractivity contribution in [2.24, 2.45) is 4.40 Å². The van der Waals surface area contributed by atoms with Gasteiger partial charge in [0, 0.05) is 37.9 Å². The Morgan fingerprint density at radius 1 is 0.870 bits per heavy atom. The molecule has 118 valence electrons. The van der Waals surface area contributed by atoms with E-state index in [4.69, 9.17) is 0 Å². The first kappa shape index (κ1) is 14.2. The van der Waals surface area contributed by atoms with Crippen molar-refractivity contribution < 1.29 is 8.42 Å². The number of nitrogens with zero attached hydrogens (tertiary/aromatic N) is 4. The zero-order valence-electron chi connectivity index (χ0n) is 12.5. The van der Waals surface area contributed by atoms with Crippen molar-refractivity contribution in [2.45, 2.75) is 4.90 Å². The van der Waals surface area contributed by atoms with Crippen molar-refractivity contribution in [2.75, 3.05) is 31.1 Å². The van der Waals surface area contributed by atoms with Gasteiger partial charge in [0.1, 0.15) is 10.7 Å². The van der Waals surface area contributed by atoms with Crippen molar-refractivity contribution in [1.82, 2.24) is 9.88 Å². The number of fused-ring (bicyclic) bond motifs is 1. The lowest BCUT2D eigenvalue weighted by atomic mass is 10.1. The summed E-state index contributed by atoms with van der Waals surface area (Å²) in [6.07, 6.45) is 1.78. The normalized spacial score (nSPS) is 19.4. The molecule has 0 atom stereocenters. The zero-order valence-corrected chi connectivity index (χ0v) is 13.3. The number of benzene rings is 1. The molecule has 0 radical (unpaired) electrons. The van der Waals surface area contributed by atoms with Gasteiger partial charge >= 0.3 is 0 Å². The highest BCUT2D eigenvalue weighted by Gasteiger charge is 2.32. The van der Waals surface area contributed by atoms with Gasteiger partial charge in [-0.25, -0.2) is 4.98 Å². The first-order valence-electron chi connectivity index (χ1n) is 7.50. The Morgan fingerprint density at radius 2 is 1.57 bits per heavy atom. The van der Waals surface area contributed by atoms with Crippen LogP contribution in [0.1, 0.15) is 5.56 Å². The Bertz CT molecular complexity index is 857. The van der Waals surface area contributed by atoms with Crippen LogP contribution < -0.4 is 4.90 Å². The lowest BCUT2D eigenvalue weighted by molar-refractivity contribution is 0.386. The second kappa shape index (κ2) is 5.34. The maximum absolute atomic E-state index is 12.2. The standard InChI is InChI=1S/C16H16N4O2S/c21-23(22)14-6-2-1-5-13(14)16(18-23)20-11-9-19(10-12-20)15-7-3-4-8-17-15/h1-8H,9-12H2. The number of hydrogen-bond donors (Lipinski definition) is 0. The summed E-state index contributed by atoms with van der Waals surface area (Å²) >= 11 is 0. The first-order valence-corrected chi connectivity index (χ1v) is 8.94. The van der Waals surface area contributed by atoms with E-state index in [0.29, 0.717) is 16.3 Å². The van der Waals surface area contributed by atoms with Gasteiger partial charge in [-0.3, -0.25) is 0 Å². The molecule has 2 aliphatic heterocycles. The van der Waals surface area contributed by atoms with E-state index in [1.807, 2.05) is 35.2 Å². The fourth-order valence-corrected chi connectivity index (χ4v) is 4.23. The third-order valence-corrected chi connectivity index (χ3v) is 5.49. The SMILES string of the molecule is O=S1(=O)N=C(N2CCN(c3ccccn3)CC2)c2ccccc21. The average molecular weight is 328 g/mol. The number of hydrogen-bond acceptors (Lipinski definition) is 5. The van der Waals surface area contributed by atoms with E-state index in [1.54, 1.807) is 18.3 Å². The largest absolute Gasteiger partial charge is 0.353 e. The molecule has 1 aromatic carbocycles. The minimum absolute atomic E-state index is 0.308. The van der Waals surface area contributed by atoms with E-state index in [0.717, 1.165) is 32.0 Å². The minimum atomic E-state index is -3.55. The molecule has 1 saturated heterocycles. The molecule has 2 aliphatic rings. The van der Waals surface area contributed by atoms with Gasteiger partial charge in [0.2, 0.25) is 0 Å². The molecular weight excluding hydrogens is 312 g/mol. The van der Waals surface area contributed by atoms with E-state index >= 15 is 0 Å².